The van der Waals surface area contributed by atoms with Crippen molar-refractivity contribution in [2.75, 3.05) is 5.73 Å². The van der Waals surface area contributed by atoms with E-state index in [4.69, 9.17) is 10.2 Å². The molecule has 164 valence electrons. The highest BCUT2D eigenvalue weighted by atomic mass is 32.1. The van der Waals surface area contributed by atoms with Gasteiger partial charge in [-0.3, -0.25) is 4.68 Å². The molecule has 1 aromatic carbocycles. The predicted octanol–water partition coefficient (Wildman–Crippen LogP) is 4.90. The number of nitrogen functional groups attached to an aromatic ring is 1. The van der Waals surface area contributed by atoms with Crippen molar-refractivity contribution in [2.24, 2.45) is 0 Å². The van der Waals surface area contributed by atoms with Crippen LogP contribution < -0.4 is 5.73 Å². The molecule has 1 saturated carbocycles. The summed E-state index contributed by atoms with van der Waals surface area (Å²) < 4.78 is 13.3. The fraction of sp³-hybridized carbons (Fsp3) is 0.250. The number of anilines is 1. The zero-order valence-corrected chi connectivity index (χ0v) is 18.4. The third-order valence-corrected chi connectivity index (χ3v) is 7.26. The lowest BCUT2D eigenvalue weighted by Crippen LogP contribution is -2.21. The average Bonchev–Trinajstić information content (AvgIpc) is 3.58. The minimum Gasteiger partial charge on any atom is -0.452 e. The Labute approximate surface area is 193 Å². The van der Waals surface area contributed by atoms with Gasteiger partial charge in [0.15, 0.2) is 11.4 Å². The van der Waals surface area contributed by atoms with E-state index in [1.807, 2.05) is 29.2 Å². The van der Waals surface area contributed by atoms with Crippen molar-refractivity contribution < 1.29 is 9.52 Å². The summed E-state index contributed by atoms with van der Waals surface area (Å²) in [4.78, 5) is 4.36. The second kappa shape index (κ2) is 7.69. The van der Waals surface area contributed by atoms with E-state index >= 15 is 0 Å². The van der Waals surface area contributed by atoms with Gasteiger partial charge in [-0.25, -0.2) is 4.98 Å². The number of furan rings is 1. The molecule has 1 fully saturated rings. The zero-order valence-electron chi connectivity index (χ0n) is 17.6. The molecule has 1 aliphatic rings. The molecule has 0 amide bonds. The molecule has 9 heteroatoms. The maximum Gasteiger partial charge on any atom is 0.177 e. The molecule has 5 aromatic rings. The van der Waals surface area contributed by atoms with E-state index in [0.29, 0.717) is 22.7 Å². The van der Waals surface area contributed by atoms with E-state index in [2.05, 4.69) is 20.5 Å². The van der Waals surface area contributed by atoms with Crippen LogP contribution in [0.2, 0.25) is 0 Å². The second-order valence-electron chi connectivity index (χ2n) is 8.43. The summed E-state index contributed by atoms with van der Waals surface area (Å²) in [6.07, 6.45) is 10.6. The third-order valence-electron chi connectivity index (χ3n) is 6.43. The lowest BCUT2D eigenvalue weighted by Gasteiger charge is -2.25. The maximum absolute atomic E-state index is 9.80. The first-order chi connectivity index (χ1) is 16.1. The fourth-order valence-corrected chi connectivity index (χ4v) is 5.47. The largest absolute Gasteiger partial charge is 0.452 e. The summed E-state index contributed by atoms with van der Waals surface area (Å²) in [7, 11) is 0. The topological polar surface area (TPSA) is 127 Å². The number of benzene rings is 1. The van der Waals surface area contributed by atoms with Crippen LogP contribution in [0.15, 0.2) is 47.4 Å². The zero-order chi connectivity index (χ0) is 22.5. The molecule has 0 aliphatic heterocycles. The van der Waals surface area contributed by atoms with Crippen LogP contribution in [0.4, 0.5) is 5.82 Å². The molecule has 33 heavy (non-hydrogen) atoms. The number of rotatable bonds is 3. The van der Waals surface area contributed by atoms with Crippen molar-refractivity contribution in [3.8, 4) is 28.5 Å². The van der Waals surface area contributed by atoms with E-state index < -0.39 is 0 Å². The number of hydrogen-bond donors (Lipinski definition) is 2. The molecule has 4 aromatic heterocycles. The Bertz CT molecular complexity index is 1530. The summed E-state index contributed by atoms with van der Waals surface area (Å²) in [5, 5.41) is 25.9. The Morgan fingerprint density at radius 1 is 1.18 bits per heavy atom. The van der Waals surface area contributed by atoms with Gasteiger partial charge in [0.2, 0.25) is 0 Å². The molecule has 8 nitrogen and oxygen atoms in total. The normalized spacial score (nSPS) is 18.7. The van der Waals surface area contributed by atoms with Gasteiger partial charge in [0, 0.05) is 40.5 Å². The van der Waals surface area contributed by atoms with Gasteiger partial charge in [0.25, 0.3) is 0 Å². The smallest absolute Gasteiger partial charge is 0.177 e. The molecule has 0 saturated heterocycles. The Morgan fingerprint density at radius 2 is 2.03 bits per heavy atom. The highest BCUT2D eigenvalue weighted by Gasteiger charge is 2.23. The van der Waals surface area contributed by atoms with Crippen LogP contribution in [0.25, 0.3) is 43.5 Å². The van der Waals surface area contributed by atoms with E-state index in [9.17, 15) is 10.4 Å². The number of pyridine rings is 1. The number of fused-ring (bicyclic) bond motifs is 2. The first kappa shape index (κ1) is 19.9. The van der Waals surface area contributed by atoms with Gasteiger partial charge in [-0.1, -0.05) is 6.07 Å². The molecular formula is C24H20N6O2S. The fourth-order valence-electron chi connectivity index (χ4n) is 4.67. The average molecular weight is 457 g/mol. The van der Waals surface area contributed by atoms with Crippen molar-refractivity contribution in [1.29, 1.82) is 5.26 Å². The Morgan fingerprint density at radius 3 is 2.85 bits per heavy atom. The number of aromatic nitrogens is 4. The number of aliphatic hydroxyl groups excluding tert-OH is 1. The SMILES string of the molecule is N#Cc1ccc2cnsc2c1-c1cc2c(-c3cnn([C@H]4CC[C@H](O)CC4)c3)cnc(N)c2o1. The highest BCUT2D eigenvalue weighted by molar-refractivity contribution is 7.14. The van der Waals surface area contributed by atoms with Crippen molar-refractivity contribution in [3.63, 3.8) is 0 Å². The first-order valence-electron chi connectivity index (χ1n) is 10.8. The molecule has 1 aliphatic carbocycles. The van der Waals surface area contributed by atoms with E-state index in [1.165, 1.54) is 11.5 Å². The molecule has 0 bridgehead atoms. The summed E-state index contributed by atoms with van der Waals surface area (Å²) in [5.41, 5.74) is 9.68. The number of nitriles is 1. The van der Waals surface area contributed by atoms with Gasteiger partial charge in [-0.05, 0) is 49.3 Å². The third kappa shape index (κ3) is 3.26. The van der Waals surface area contributed by atoms with Crippen LogP contribution >= 0.6 is 11.5 Å². The van der Waals surface area contributed by atoms with Gasteiger partial charge < -0.3 is 15.3 Å². The van der Waals surface area contributed by atoms with Crippen molar-refractivity contribution in [1.82, 2.24) is 19.1 Å². The quantitative estimate of drug-likeness (QED) is 0.395. The number of nitrogens with zero attached hydrogens (tertiary/aromatic N) is 5. The number of nitrogens with two attached hydrogens (primary N) is 1. The van der Waals surface area contributed by atoms with E-state index in [-0.39, 0.29) is 12.1 Å². The predicted molar refractivity (Wildman–Crippen MR) is 126 cm³/mol. The van der Waals surface area contributed by atoms with Crippen LogP contribution in [0.1, 0.15) is 37.3 Å². The molecule has 3 N–H and O–H groups in total. The minimum atomic E-state index is -0.206. The molecule has 0 radical (unpaired) electrons. The number of aliphatic hydroxyl groups is 1. The Balaban J connectivity index is 1.47. The second-order valence-corrected chi connectivity index (χ2v) is 9.23. The lowest BCUT2D eigenvalue weighted by molar-refractivity contribution is 0.108. The molecule has 0 spiro atoms. The monoisotopic (exact) mass is 456 g/mol. The van der Waals surface area contributed by atoms with Gasteiger partial charge in [-0.15, -0.1) is 0 Å². The van der Waals surface area contributed by atoms with Gasteiger partial charge in [0.05, 0.1) is 40.2 Å². The standard InChI is InChI=1S/C24H20N6O2S/c25-8-13-1-2-14-10-29-33-23(14)21(13)20-7-18-19(11-27-24(26)22(18)32-20)15-9-28-30(12-15)16-3-5-17(31)6-4-16/h1-2,7,9-12,16-17,31H,3-6H2,(H2,26,27)/t16-,17-. The number of hydrogen-bond acceptors (Lipinski definition) is 8. The van der Waals surface area contributed by atoms with Crippen LogP contribution in [0.3, 0.4) is 0 Å². The van der Waals surface area contributed by atoms with Crippen molar-refractivity contribution in [3.05, 3.63) is 48.5 Å². The Kier molecular flexibility index (Phi) is 4.64. The van der Waals surface area contributed by atoms with Crippen LogP contribution in [0.5, 0.6) is 0 Å². The molecule has 0 unspecified atom stereocenters. The van der Waals surface area contributed by atoms with E-state index in [1.54, 1.807) is 18.5 Å². The van der Waals surface area contributed by atoms with E-state index in [0.717, 1.165) is 57.8 Å². The van der Waals surface area contributed by atoms with Crippen molar-refractivity contribution >= 4 is 38.4 Å². The maximum atomic E-state index is 9.80. The molecule has 6 rings (SSSR count). The minimum absolute atomic E-state index is 0.206. The summed E-state index contributed by atoms with van der Waals surface area (Å²) in [5.74, 6) is 0.856. The summed E-state index contributed by atoms with van der Waals surface area (Å²) in [6, 6.07) is 8.14. The van der Waals surface area contributed by atoms with Crippen LogP contribution in [-0.2, 0) is 0 Å². The lowest BCUT2D eigenvalue weighted by atomic mass is 9.93. The first-order valence-corrected chi connectivity index (χ1v) is 11.6. The van der Waals surface area contributed by atoms with Gasteiger partial charge in [0.1, 0.15) is 5.76 Å². The van der Waals surface area contributed by atoms with Gasteiger partial charge >= 0.3 is 0 Å². The molecular weight excluding hydrogens is 436 g/mol. The Hall–Kier alpha value is -3.74. The summed E-state index contributed by atoms with van der Waals surface area (Å²) >= 11 is 1.33. The van der Waals surface area contributed by atoms with Crippen LogP contribution in [0, 0.1) is 11.3 Å². The van der Waals surface area contributed by atoms with Crippen molar-refractivity contribution in [2.45, 2.75) is 37.8 Å². The highest BCUT2D eigenvalue weighted by Crippen LogP contribution is 2.41. The molecule has 4 heterocycles. The van der Waals surface area contributed by atoms with Gasteiger partial charge in [-0.2, -0.15) is 14.7 Å². The molecule has 0 atom stereocenters. The summed E-state index contributed by atoms with van der Waals surface area (Å²) in [6.45, 7) is 0. The van der Waals surface area contributed by atoms with Crippen LogP contribution in [-0.4, -0.2) is 30.3 Å².